The van der Waals surface area contributed by atoms with E-state index in [1.807, 2.05) is 25.1 Å². The molecule has 1 atom stereocenters. The molecule has 0 aliphatic carbocycles. The lowest BCUT2D eigenvalue weighted by molar-refractivity contribution is -0.129. The molecule has 1 aromatic carbocycles. The monoisotopic (exact) mass is 285 g/mol. The molecular weight excluding hydrogens is 266 g/mol. The van der Waals surface area contributed by atoms with Crippen LogP contribution in [0.5, 0.6) is 0 Å². The number of aromatic nitrogens is 1. The lowest BCUT2D eigenvalue weighted by atomic mass is 10.0. The van der Waals surface area contributed by atoms with E-state index in [0.717, 1.165) is 12.2 Å². The largest absolute Gasteiger partial charge is 0.449 e. The molecule has 2 heterocycles. The molecule has 3 rings (SSSR count). The Kier molecular flexibility index (Phi) is 4.01. The predicted octanol–water partition coefficient (Wildman–Crippen LogP) is 1.53. The fourth-order valence-corrected chi connectivity index (χ4v) is 2.70. The molecule has 1 aromatic heterocycles. The van der Waals surface area contributed by atoms with E-state index >= 15 is 0 Å². The molecule has 5 nitrogen and oxygen atoms in total. The average Bonchev–Trinajstić information content (AvgIpc) is 2.89. The van der Waals surface area contributed by atoms with Crippen molar-refractivity contribution < 1.29 is 9.21 Å². The molecule has 1 aliphatic rings. The van der Waals surface area contributed by atoms with Crippen molar-refractivity contribution in [1.82, 2.24) is 15.2 Å². The first-order valence-corrected chi connectivity index (χ1v) is 7.19. The molecule has 1 saturated heterocycles. The van der Waals surface area contributed by atoms with Crippen molar-refractivity contribution in [3.8, 4) is 0 Å². The lowest BCUT2D eigenvalue weighted by Gasteiger charge is -2.34. The highest BCUT2D eigenvalue weighted by atomic mass is 16.3. The Morgan fingerprint density at radius 3 is 2.90 bits per heavy atom. The summed E-state index contributed by atoms with van der Waals surface area (Å²) in [5.41, 5.74) is 2.04. The van der Waals surface area contributed by atoms with Gasteiger partial charge >= 0.3 is 0 Å². The first-order chi connectivity index (χ1) is 10.2. The van der Waals surface area contributed by atoms with Crippen LogP contribution in [0.15, 0.2) is 41.0 Å². The number of oxazole rings is 1. The van der Waals surface area contributed by atoms with Crippen LogP contribution in [0, 0.1) is 6.92 Å². The summed E-state index contributed by atoms with van der Waals surface area (Å²) in [5, 5.41) is 2.95. The zero-order chi connectivity index (χ0) is 14.7. The predicted molar refractivity (Wildman–Crippen MR) is 78.6 cm³/mol. The van der Waals surface area contributed by atoms with Gasteiger partial charge in [0, 0.05) is 26.6 Å². The smallest absolute Gasteiger partial charge is 0.237 e. The molecule has 1 amide bonds. The van der Waals surface area contributed by atoms with Crippen molar-refractivity contribution in [2.75, 3.05) is 13.1 Å². The number of carbonyl (C=O) groups excluding carboxylic acids is 1. The van der Waals surface area contributed by atoms with Gasteiger partial charge in [0.15, 0.2) is 5.89 Å². The Morgan fingerprint density at radius 1 is 1.38 bits per heavy atom. The van der Waals surface area contributed by atoms with Crippen LogP contribution in [0.1, 0.15) is 17.1 Å². The van der Waals surface area contributed by atoms with E-state index in [1.165, 1.54) is 5.56 Å². The van der Waals surface area contributed by atoms with Gasteiger partial charge in [-0.15, -0.1) is 0 Å². The summed E-state index contributed by atoms with van der Waals surface area (Å²) in [4.78, 5) is 18.7. The number of rotatable bonds is 4. The van der Waals surface area contributed by atoms with Crippen LogP contribution in [0.3, 0.4) is 0 Å². The number of hydrogen-bond acceptors (Lipinski definition) is 4. The molecule has 21 heavy (non-hydrogen) atoms. The molecule has 110 valence electrons. The Balaban J connectivity index is 1.74. The Labute approximate surface area is 124 Å². The summed E-state index contributed by atoms with van der Waals surface area (Å²) in [6.07, 6.45) is 2.38. The zero-order valence-corrected chi connectivity index (χ0v) is 12.1. The summed E-state index contributed by atoms with van der Waals surface area (Å²) in [7, 11) is 0. The molecule has 5 heteroatoms. The number of aryl methyl sites for hydroxylation is 1. The van der Waals surface area contributed by atoms with Gasteiger partial charge < -0.3 is 9.73 Å². The maximum absolute atomic E-state index is 12.2. The maximum atomic E-state index is 12.2. The maximum Gasteiger partial charge on any atom is 0.237 e. The molecular formula is C16H19N3O2. The van der Waals surface area contributed by atoms with Crippen LogP contribution in [-0.4, -0.2) is 34.9 Å². The van der Waals surface area contributed by atoms with Crippen LogP contribution >= 0.6 is 0 Å². The fourth-order valence-electron chi connectivity index (χ4n) is 2.70. The second kappa shape index (κ2) is 6.10. The van der Waals surface area contributed by atoms with E-state index in [4.69, 9.17) is 4.42 Å². The van der Waals surface area contributed by atoms with Crippen molar-refractivity contribution in [3.63, 3.8) is 0 Å². The topological polar surface area (TPSA) is 58.4 Å². The van der Waals surface area contributed by atoms with E-state index in [1.54, 1.807) is 6.26 Å². The number of amides is 1. The first-order valence-electron chi connectivity index (χ1n) is 7.19. The number of nitrogens with one attached hydrogen (secondary N) is 1. The third kappa shape index (κ3) is 3.31. The third-order valence-corrected chi connectivity index (χ3v) is 3.75. The van der Waals surface area contributed by atoms with Crippen molar-refractivity contribution in [2.45, 2.75) is 25.9 Å². The van der Waals surface area contributed by atoms with Crippen LogP contribution in [0.25, 0.3) is 0 Å². The van der Waals surface area contributed by atoms with Crippen molar-refractivity contribution in [1.29, 1.82) is 0 Å². The van der Waals surface area contributed by atoms with Gasteiger partial charge in [-0.25, -0.2) is 4.98 Å². The SMILES string of the molecule is Cc1nc(CN2CCNC(=O)C2Cc2ccccc2)co1. The first kappa shape index (κ1) is 13.8. The summed E-state index contributed by atoms with van der Waals surface area (Å²) >= 11 is 0. The van der Waals surface area contributed by atoms with Crippen LogP contribution in [0.2, 0.25) is 0 Å². The normalized spacial score (nSPS) is 19.5. The number of piperazine rings is 1. The summed E-state index contributed by atoms with van der Waals surface area (Å²) in [6.45, 7) is 3.98. The van der Waals surface area contributed by atoms with Crippen LogP contribution in [0.4, 0.5) is 0 Å². The molecule has 1 N–H and O–H groups in total. The minimum atomic E-state index is -0.154. The van der Waals surface area contributed by atoms with Gasteiger partial charge in [-0.05, 0) is 12.0 Å². The van der Waals surface area contributed by atoms with Gasteiger partial charge in [-0.3, -0.25) is 9.69 Å². The number of carbonyl (C=O) groups is 1. The van der Waals surface area contributed by atoms with Gasteiger partial charge in [-0.2, -0.15) is 0 Å². The number of benzene rings is 1. The molecule has 1 aliphatic heterocycles. The summed E-state index contributed by atoms with van der Waals surface area (Å²) in [5.74, 6) is 0.747. The third-order valence-electron chi connectivity index (χ3n) is 3.75. The van der Waals surface area contributed by atoms with Crippen LogP contribution < -0.4 is 5.32 Å². The molecule has 0 saturated carbocycles. The summed E-state index contributed by atoms with van der Waals surface area (Å²) in [6, 6.07) is 9.95. The highest BCUT2D eigenvalue weighted by molar-refractivity contribution is 5.82. The van der Waals surface area contributed by atoms with Gasteiger partial charge in [0.1, 0.15) is 6.26 Å². The molecule has 0 bridgehead atoms. The van der Waals surface area contributed by atoms with Crippen LogP contribution in [-0.2, 0) is 17.8 Å². The van der Waals surface area contributed by atoms with E-state index in [0.29, 0.717) is 25.4 Å². The zero-order valence-electron chi connectivity index (χ0n) is 12.1. The van der Waals surface area contributed by atoms with Gasteiger partial charge in [-0.1, -0.05) is 30.3 Å². The van der Waals surface area contributed by atoms with Crippen molar-refractivity contribution in [2.24, 2.45) is 0 Å². The second-order valence-electron chi connectivity index (χ2n) is 5.32. The van der Waals surface area contributed by atoms with E-state index in [-0.39, 0.29) is 11.9 Å². The quantitative estimate of drug-likeness (QED) is 0.925. The minimum absolute atomic E-state index is 0.0883. The lowest BCUT2D eigenvalue weighted by Crippen LogP contribution is -2.55. The fraction of sp³-hybridized carbons (Fsp3) is 0.375. The average molecular weight is 285 g/mol. The molecule has 1 unspecified atom stereocenters. The van der Waals surface area contributed by atoms with Gasteiger partial charge in [0.25, 0.3) is 0 Å². The Bertz CT molecular complexity index is 609. The highest BCUT2D eigenvalue weighted by Gasteiger charge is 2.30. The molecule has 0 spiro atoms. The van der Waals surface area contributed by atoms with E-state index < -0.39 is 0 Å². The number of nitrogens with zero attached hydrogens (tertiary/aromatic N) is 2. The summed E-state index contributed by atoms with van der Waals surface area (Å²) < 4.78 is 5.25. The van der Waals surface area contributed by atoms with Crippen molar-refractivity contribution in [3.05, 3.63) is 53.7 Å². The Hall–Kier alpha value is -2.14. The second-order valence-corrected chi connectivity index (χ2v) is 5.32. The van der Waals surface area contributed by atoms with Crippen molar-refractivity contribution >= 4 is 5.91 Å². The molecule has 0 radical (unpaired) electrons. The highest BCUT2D eigenvalue weighted by Crippen LogP contribution is 2.15. The Morgan fingerprint density at radius 2 is 2.19 bits per heavy atom. The standard InChI is InChI=1S/C16H19N3O2/c1-12-18-14(11-21-12)10-19-8-7-17-16(20)15(19)9-13-5-3-2-4-6-13/h2-6,11,15H,7-10H2,1H3,(H,17,20). The van der Waals surface area contributed by atoms with Gasteiger partial charge in [0.05, 0.1) is 11.7 Å². The van der Waals surface area contributed by atoms with E-state index in [2.05, 4.69) is 27.3 Å². The molecule has 1 fully saturated rings. The van der Waals surface area contributed by atoms with Gasteiger partial charge in [0.2, 0.25) is 5.91 Å². The number of hydrogen-bond donors (Lipinski definition) is 1. The van der Waals surface area contributed by atoms with E-state index in [9.17, 15) is 4.79 Å². The molecule has 2 aromatic rings. The minimum Gasteiger partial charge on any atom is -0.449 e.